The first-order valence-corrected chi connectivity index (χ1v) is 16.5. The van der Waals surface area contributed by atoms with Gasteiger partial charge in [0.05, 0.1) is 11.4 Å². The second-order valence-corrected chi connectivity index (χ2v) is 13.0. The van der Waals surface area contributed by atoms with Crippen molar-refractivity contribution in [2.75, 3.05) is 0 Å². The average Bonchev–Trinajstić information content (AvgIpc) is 3.91. The van der Waals surface area contributed by atoms with Crippen molar-refractivity contribution in [3.63, 3.8) is 0 Å². The fourth-order valence-corrected chi connectivity index (χ4v) is 8.08. The van der Waals surface area contributed by atoms with Gasteiger partial charge in [0, 0.05) is 22.3 Å². The summed E-state index contributed by atoms with van der Waals surface area (Å²) in [4.78, 5) is 9.81. The standard InChI is InChI=1S/C43H34N2O/c1-3-9-29(10-4-1)40-25-36(26-41(45-40)30-11-5-2-6-12-30)33-15-7-13-31(23-33)32-14-8-16-34(24-32)37-19-20-38(43-42(37)44-27-46-43)39-22-28-17-18-35(39)21-28/h1-16,19-20,23-28,35,39H,17-18,21-22H2. The molecule has 2 aliphatic rings. The summed E-state index contributed by atoms with van der Waals surface area (Å²) >= 11 is 0. The minimum absolute atomic E-state index is 0.607. The predicted octanol–water partition coefficient (Wildman–Crippen LogP) is 11.5. The fourth-order valence-electron chi connectivity index (χ4n) is 8.08. The van der Waals surface area contributed by atoms with Gasteiger partial charge in [0.25, 0.3) is 0 Å². The molecule has 2 bridgehead atoms. The van der Waals surface area contributed by atoms with Gasteiger partial charge in [-0.1, -0.05) is 116 Å². The first kappa shape index (κ1) is 27.1. The Morgan fingerprint density at radius 1 is 0.522 bits per heavy atom. The Hall–Kier alpha value is -5.28. The van der Waals surface area contributed by atoms with Gasteiger partial charge in [-0.3, -0.25) is 0 Å². The third-order valence-electron chi connectivity index (χ3n) is 10.3. The lowest BCUT2D eigenvalue weighted by Crippen LogP contribution is -2.08. The number of rotatable bonds is 6. The normalized spacial score (nSPS) is 18.7. The summed E-state index contributed by atoms with van der Waals surface area (Å²) in [5.74, 6) is 2.30. The largest absolute Gasteiger partial charge is 0.443 e. The molecule has 5 aromatic carbocycles. The van der Waals surface area contributed by atoms with Crippen LogP contribution in [0.15, 0.2) is 144 Å². The minimum Gasteiger partial charge on any atom is -0.443 e. The molecule has 0 aliphatic heterocycles. The van der Waals surface area contributed by atoms with Crippen LogP contribution >= 0.6 is 0 Å². The van der Waals surface area contributed by atoms with E-state index in [1.165, 1.54) is 42.4 Å². The number of hydrogen-bond donors (Lipinski definition) is 0. The smallest absolute Gasteiger partial charge is 0.182 e. The molecule has 222 valence electrons. The highest BCUT2D eigenvalue weighted by atomic mass is 16.3. The Labute approximate surface area is 269 Å². The van der Waals surface area contributed by atoms with E-state index in [0.29, 0.717) is 5.92 Å². The van der Waals surface area contributed by atoms with Gasteiger partial charge < -0.3 is 4.42 Å². The third kappa shape index (κ3) is 4.84. The molecule has 2 aromatic heterocycles. The topological polar surface area (TPSA) is 38.9 Å². The molecule has 0 spiro atoms. The zero-order chi connectivity index (χ0) is 30.5. The van der Waals surface area contributed by atoms with E-state index in [1.807, 2.05) is 12.1 Å². The summed E-state index contributed by atoms with van der Waals surface area (Å²) in [5, 5.41) is 0. The summed E-state index contributed by atoms with van der Waals surface area (Å²) in [6.45, 7) is 0. The maximum atomic E-state index is 6.08. The van der Waals surface area contributed by atoms with Crippen LogP contribution in [0, 0.1) is 11.8 Å². The van der Waals surface area contributed by atoms with Gasteiger partial charge in [-0.05, 0) is 89.1 Å². The lowest BCUT2D eigenvalue weighted by molar-refractivity contribution is 0.418. The van der Waals surface area contributed by atoms with Gasteiger partial charge in [0.2, 0.25) is 0 Å². The predicted molar refractivity (Wildman–Crippen MR) is 187 cm³/mol. The van der Waals surface area contributed by atoms with Crippen LogP contribution in [0.4, 0.5) is 0 Å². The highest BCUT2D eigenvalue weighted by Crippen LogP contribution is 2.54. The Bertz CT molecular complexity index is 2120. The number of hydrogen-bond acceptors (Lipinski definition) is 3. The van der Waals surface area contributed by atoms with Crippen LogP contribution in [0.3, 0.4) is 0 Å². The van der Waals surface area contributed by atoms with Gasteiger partial charge in [0.1, 0.15) is 5.52 Å². The van der Waals surface area contributed by atoms with Crippen LogP contribution in [0.25, 0.3) is 67.0 Å². The molecule has 2 aliphatic carbocycles. The quantitative estimate of drug-likeness (QED) is 0.192. The molecule has 46 heavy (non-hydrogen) atoms. The van der Waals surface area contributed by atoms with Crippen molar-refractivity contribution in [2.24, 2.45) is 11.8 Å². The molecule has 7 aromatic rings. The van der Waals surface area contributed by atoms with E-state index in [4.69, 9.17) is 14.4 Å². The maximum absolute atomic E-state index is 6.08. The zero-order valence-corrected chi connectivity index (χ0v) is 25.6. The molecule has 2 heterocycles. The lowest BCUT2D eigenvalue weighted by atomic mass is 9.82. The van der Waals surface area contributed by atoms with Gasteiger partial charge in [0.15, 0.2) is 12.0 Å². The van der Waals surface area contributed by atoms with Crippen molar-refractivity contribution < 1.29 is 4.42 Å². The summed E-state index contributed by atoms with van der Waals surface area (Å²) < 4.78 is 6.08. The highest BCUT2D eigenvalue weighted by molar-refractivity contribution is 5.94. The van der Waals surface area contributed by atoms with E-state index < -0.39 is 0 Å². The molecule has 0 N–H and O–H groups in total. The van der Waals surface area contributed by atoms with Crippen LogP contribution in [-0.4, -0.2) is 9.97 Å². The molecule has 9 rings (SSSR count). The SMILES string of the molecule is c1ccc(-c2cc(-c3cccc(-c4cccc(-c5ccc(C6CC7CCC6C7)c6ocnc56)c4)c3)cc(-c3ccccc3)n2)cc1. The number of fused-ring (bicyclic) bond motifs is 3. The Morgan fingerprint density at radius 3 is 1.76 bits per heavy atom. The second-order valence-electron chi connectivity index (χ2n) is 13.0. The second kappa shape index (κ2) is 11.3. The number of pyridine rings is 1. The summed E-state index contributed by atoms with van der Waals surface area (Å²) in [5.41, 5.74) is 14.4. The molecule has 3 nitrogen and oxygen atoms in total. The summed E-state index contributed by atoms with van der Waals surface area (Å²) in [6.07, 6.45) is 7.05. The van der Waals surface area contributed by atoms with Crippen LogP contribution in [0.5, 0.6) is 0 Å². The first-order chi connectivity index (χ1) is 22.8. The summed E-state index contributed by atoms with van der Waals surface area (Å²) in [6, 6.07) is 47.5. The van der Waals surface area contributed by atoms with E-state index in [-0.39, 0.29) is 0 Å². The van der Waals surface area contributed by atoms with Crippen LogP contribution < -0.4 is 0 Å². The molecule has 3 heteroatoms. The molecular weight excluding hydrogens is 560 g/mol. The van der Waals surface area contributed by atoms with Crippen LogP contribution in [0.2, 0.25) is 0 Å². The number of benzene rings is 5. The molecule has 0 amide bonds. The number of oxazole rings is 1. The van der Waals surface area contributed by atoms with Crippen molar-refractivity contribution in [3.05, 3.63) is 145 Å². The summed E-state index contributed by atoms with van der Waals surface area (Å²) in [7, 11) is 0. The minimum atomic E-state index is 0.607. The first-order valence-electron chi connectivity index (χ1n) is 16.5. The zero-order valence-electron chi connectivity index (χ0n) is 25.6. The van der Waals surface area contributed by atoms with E-state index in [2.05, 4.69) is 121 Å². The van der Waals surface area contributed by atoms with Gasteiger partial charge in [-0.2, -0.15) is 0 Å². The molecule has 0 radical (unpaired) electrons. The van der Waals surface area contributed by atoms with E-state index in [9.17, 15) is 0 Å². The van der Waals surface area contributed by atoms with Crippen molar-refractivity contribution >= 4 is 11.1 Å². The molecule has 3 unspecified atom stereocenters. The third-order valence-corrected chi connectivity index (χ3v) is 10.3. The fraction of sp³-hybridized carbons (Fsp3) is 0.163. The monoisotopic (exact) mass is 594 g/mol. The Morgan fingerprint density at radius 2 is 1.13 bits per heavy atom. The number of aromatic nitrogens is 2. The molecule has 2 saturated carbocycles. The van der Waals surface area contributed by atoms with Gasteiger partial charge in [-0.25, -0.2) is 9.97 Å². The average molecular weight is 595 g/mol. The van der Waals surface area contributed by atoms with Crippen molar-refractivity contribution in [3.8, 4) is 55.9 Å². The number of nitrogens with zero attached hydrogens (tertiary/aromatic N) is 2. The molecule has 2 fully saturated rings. The molecular formula is C43H34N2O. The molecule has 3 atom stereocenters. The van der Waals surface area contributed by atoms with Crippen LogP contribution in [-0.2, 0) is 0 Å². The van der Waals surface area contributed by atoms with Gasteiger partial charge in [-0.15, -0.1) is 0 Å². The molecule has 0 saturated heterocycles. The van der Waals surface area contributed by atoms with Crippen molar-refractivity contribution in [2.45, 2.75) is 31.6 Å². The maximum Gasteiger partial charge on any atom is 0.182 e. The lowest BCUT2D eigenvalue weighted by Gasteiger charge is -2.22. The van der Waals surface area contributed by atoms with Crippen LogP contribution in [0.1, 0.15) is 37.2 Å². The Balaban J connectivity index is 1.09. The Kier molecular flexibility index (Phi) is 6.63. The van der Waals surface area contributed by atoms with Crippen molar-refractivity contribution in [1.82, 2.24) is 9.97 Å². The van der Waals surface area contributed by atoms with E-state index >= 15 is 0 Å². The van der Waals surface area contributed by atoms with Gasteiger partial charge >= 0.3 is 0 Å². The van der Waals surface area contributed by atoms with E-state index in [0.717, 1.165) is 67.7 Å². The highest BCUT2D eigenvalue weighted by Gasteiger charge is 2.41. The van der Waals surface area contributed by atoms with Crippen molar-refractivity contribution in [1.29, 1.82) is 0 Å². The van der Waals surface area contributed by atoms with E-state index in [1.54, 1.807) is 6.39 Å².